The summed E-state index contributed by atoms with van der Waals surface area (Å²) in [6.07, 6.45) is -3.43. The summed E-state index contributed by atoms with van der Waals surface area (Å²) in [5.74, 6) is -1.72. The van der Waals surface area contributed by atoms with E-state index in [1.54, 1.807) is 6.07 Å². The number of aromatic nitrogens is 4. The molecule has 3 aromatic heterocycles. The number of nitro benzene ring substituents is 1. The summed E-state index contributed by atoms with van der Waals surface area (Å²) in [5, 5.41) is 15.1. The van der Waals surface area contributed by atoms with Crippen LogP contribution in [0.3, 0.4) is 0 Å². The van der Waals surface area contributed by atoms with Gasteiger partial charge in [-0.1, -0.05) is 11.6 Å². The summed E-state index contributed by atoms with van der Waals surface area (Å²) in [7, 11) is 0. The summed E-state index contributed by atoms with van der Waals surface area (Å²) in [5.41, 5.74) is 1.58. The Morgan fingerprint density at radius 1 is 1.20 bits per heavy atom. The van der Waals surface area contributed by atoms with Crippen LogP contribution in [-0.2, 0) is 6.18 Å². The van der Waals surface area contributed by atoms with E-state index in [1.165, 1.54) is 18.3 Å². The third-order valence-corrected chi connectivity index (χ3v) is 6.11. The fraction of sp³-hybridized carbons (Fsp3) is 0.0556. The van der Waals surface area contributed by atoms with Crippen molar-refractivity contribution < 1.29 is 27.7 Å². The normalized spacial score (nSPS) is 11.5. The molecule has 1 aromatic carbocycles. The van der Waals surface area contributed by atoms with Gasteiger partial charge in [0.2, 0.25) is 0 Å². The molecule has 11 nitrogen and oxygen atoms in total. The zero-order chi connectivity index (χ0) is 25.5. The van der Waals surface area contributed by atoms with Crippen LogP contribution in [0.2, 0.25) is 5.02 Å². The summed E-state index contributed by atoms with van der Waals surface area (Å²) >= 11 is 9.73. The Balaban J connectivity index is 1.58. The van der Waals surface area contributed by atoms with E-state index in [9.17, 15) is 32.9 Å². The summed E-state index contributed by atoms with van der Waals surface area (Å²) in [4.78, 5) is 43.2. The molecule has 2 N–H and O–H groups in total. The SMILES string of the molecule is O=C(NNC(=O)c1cc(Br)nn1-c1ncccc1Cl)c1nc2cc(C(F)(F)F)cc([N+](=O)[O-])c2s1. The van der Waals surface area contributed by atoms with Crippen LogP contribution in [0.5, 0.6) is 0 Å². The topological polar surface area (TPSA) is 145 Å². The zero-order valence-corrected chi connectivity index (χ0v) is 19.8. The first-order valence-electron chi connectivity index (χ1n) is 9.09. The number of non-ortho nitro benzene ring substituents is 1. The maximum atomic E-state index is 13.1. The maximum absolute atomic E-state index is 13.1. The molecule has 3 heterocycles. The molecule has 0 bridgehead atoms. The molecule has 0 saturated carbocycles. The molecule has 35 heavy (non-hydrogen) atoms. The molecule has 180 valence electrons. The van der Waals surface area contributed by atoms with E-state index in [0.717, 1.165) is 4.68 Å². The number of pyridine rings is 1. The first-order chi connectivity index (χ1) is 16.5. The van der Waals surface area contributed by atoms with Crippen LogP contribution < -0.4 is 10.9 Å². The summed E-state index contributed by atoms with van der Waals surface area (Å²) in [6, 6.07) is 5.39. The van der Waals surface area contributed by atoms with E-state index in [1.807, 2.05) is 0 Å². The number of carbonyl (C=O) groups excluding carboxylic acids is 2. The third kappa shape index (κ3) is 4.94. The number of nitrogens with one attached hydrogen (secondary N) is 2. The van der Waals surface area contributed by atoms with E-state index in [0.29, 0.717) is 23.5 Å². The second kappa shape index (κ2) is 9.20. The number of hydrogen-bond acceptors (Lipinski definition) is 8. The minimum Gasteiger partial charge on any atom is -0.266 e. The Labute approximate surface area is 209 Å². The number of fused-ring (bicyclic) bond motifs is 1. The van der Waals surface area contributed by atoms with E-state index in [4.69, 9.17) is 11.6 Å². The lowest BCUT2D eigenvalue weighted by Crippen LogP contribution is -2.42. The van der Waals surface area contributed by atoms with E-state index in [2.05, 4.69) is 41.8 Å². The standard InChI is InChI=1S/C18H8BrClF3N7O4S/c19-12-6-11(29(28-12)14-8(20)2-1-3-24-14)15(31)26-27-16(32)17-25-9-4-7(18(21,22)23)5-10(30(33)34)13(9)35-17/h1-6H,(H,26,31)(H,27,32). The number of thiazole rings is 1. The highest BCUT2D eigenvalue weighted by Gasteiger charge is 2.34. The van der Waals surface area contributed by atoms with Crippen molar-refractivity contribution in [1.82, 2.24) is 30.6 Å². The van der Waals surface area contributed by atoms with Gasteiger partial charge in [-0.3, -0.25) is 30.6 Å². The lowest BCUT2D eigenvalue weighted by atomic mass is 10.2. The second-order valence-electron chi connectivity index (χ2n) is 6.60. The molecule has 0 aliphatic carbocycles. The van der Waals surface area contributed by atoms with E-state index >= 15 is 0 Å². The van der Waals surface area contributed by atoms with Gasteiger partial charge in [-0.25, -0.2) is 14.6 Å². The van der Waals surface area contributed by atoms with Crippen molar-refractivity contribution in [3.63, 3.8) is 0 Å². The van der Waals surface area contributed by atoms with Crippen molar-refractivity contribution in [2.75, 3.05) is 0 Å². The molecular weight excluding hydrogens is 583 g/mol. The van der Waals surface area contributed by atoms with Gasteiger partial charge in [0.1, 0.15) is 15.0 Å². The van der Waals surface area contributed by atoms with Crippen LogP contribution >= 0.6 is 38.9 Å². The summed E-state index contributed by atoms with van der Waals surface area (Å²) in [6.45, 7) is 0. The number of nitro groups is 1. The molecule has 4 rings (SSSR count). The lowest BCUT2D eigenvalue weighted by molar-refractivity contribution is -0.383. The van der Waals surface area contributed by atoms with E-state index < -0.39 is 39.2 Å². The molecule has 0 radical (unpaired) electrons. The van der Waals surface area contributed by atoms with Crippen molar-refractivity contribution in [3.05, 3.63) is 72.5 Å². The number of nitrogens with zero attached hydrogens (tertiary/aromatic N) is 5. The first-order valence-corrected chi connectivity index (χ1v) is 11.1. The predicted molar refractivity (Wildman–Crippen MR) is 120 cm³/mol. The number of carbonyl (C=O) groups is 2. The fourth-order valence-corrected chi connectivity index (χ4v) is 4.36. The molecule has 4 aromatic rings. The average molecular weight is 591 g/mol. The van der Waals surface area contributed by atoms with Crippen LogP contribution in [0.25, 0.3) is 16.0 Å². The molecule has 0 atom stereocenters. The van der Waals surface area contributed by atoms with Gasteiger partial charge < -0.3 is 0 Å². The Hall–Kier alpha value is -3.63. The van der Waals surface area contributed by atoms with Gasteiger partial charge in [0.25, 0.3) is 17.5 Å². The summed E-state index contributed by atoms with van der Waals surface area (Å²) < 4.78 is 40.4. The Morgan fingerprint density at radius 2 is 1.91 bits per heavy atom. The highest BCUT2D eigenvalue weighted by Crippen LogP contribution is 2.38. The van der Waals surface area contributed by atoms with Crippen LogP contribution in [0.1, 0.15) is 25.9 Å². The minimum atomic E-state index is -4.85. The predicted octanol–water partition coefficient (Wildman–Crippen LogP) is 4.29. The second-order valence-corrected chi connectivity index (χ2v) is 8.82. The largest absolute Gasteiger partial charge is 0.416 e. The zero-order valence-electron chi connectivity index (χ0n) is 16.6. The monoisotopic (exact) mass is 589 g/mol. The van der Waals surface area contributed by atoms with Gasteiger partial charge in [0, 0.05) is 18.3 Å². The molecule has 0 saturated heterocycles. The quantitative estimate of drug-likeness (QED) is 0.266. The van der Waals surface area contributed by atoms with Crippen LogP contribution in [0, 0.1) is 10.1 Å². The number of benzene rings is 1. The Kier molecular flexibility index (Phi) is 6.44. The van der Waals surface area contributed by atoms with E-state index in [-0.39, 0.29) is 31.4 Å². The molecule has 0 aliphatic heterocycles. The van der Waals surface area contributed by atoms with Crippen LogP contribution in [-0.4, -0.2) is 36.5 Å². The molecule has 17 heteroatoms. The highest BCUT2D eigenvalue weighted by atomic mass is 79.9. The Bertz CT molecular complexity index is 1510. The molecular formula is C18H8BrClF3N7O4S. The highest BCUT2D eigenvalue weighted by molar-refractivity contribution is 9.10. The molecule has 2 amide bonds. The number of rotatable bonds is 4. The van der Waals surface area contributed by atoms with Gasteiger partial charge in [-0.2, -0.15) is 18.3 Å². The molecule has 0 unspecified atom stereocenters. The Morgan fingerprint density at radius 3 is 2.57 bits per heavy atom. The fourth-order valence-electron chi connectivity index (χ4n) is 2.85. The third-order valence-electron chi connectivity index (χ3n) is 4.33. The van der Waals surface area contributed by atoms with Crippen LogP contribution in [0.4, 0.5) is 18.9 Å². The van der Waals surface area contributed by atoms with Gasteiger partial charge in [0.15, 0.2) is 10.8 Å². The smallest absolute Gasteiger partial charge is 0.266 e. The van der Waals surface area contributed by atoms with Crippen molar-refractivity contribution >= 4 is 66.6 Å². The van der Waals surface area contributed by atoms with Crippen molar-refractivity contribution in [3.8, 4) is 5.82 Å². The van der Waals surface area contributed by atoms with Crippen LogP contribution in [0.15, 0.2) is 41.1 Å². The number of hydrazine groups is 1. The van der Waals surface area contributed by atoms with Gasteiger partial charge >= 0.3 is 6.18 Å². The first kappa shape index (κ1) is 24.5. The molecule has 0 spiro atoms. The van der Waals surface area contributed by atoms with Gasteiger partial charge in [-0.05, 0) is 34.1 Å². The number of hydrogen-bond donors (Lipinski definition) is 2. The van der Waals surface area contributed by atoms with Gasteiger partial charge in [-0.15, -0.1) is 11.3 Å². The van der Waals surface area contributed by atoms with Crippen molar-refractivity contribution in [1.29, 1.82) is 0 Å². The number of alkyl halides is 3. The lowest BCUT2D eigenvalue weighted by Gasteiger charge is -2.09. The van der Waals surface area contributed by atoms with Crippen molar-refractivity contribution in [2.45, 2.75) is 6.18 Å². The van der Waals surface area contributed by atoms with Gasteiger partial charge in [0.05, 0.1) is 21.0 Å². The number of amides is 2. The maximum Gasteiger partial charge on any atom is 0.416 e. The molecule has 0 fully saturated rings. The number of halogens is 5. The average Bonchev–Trinajstić information content (AvgIpc) is 3.39. The van der Waals surface area contributed by atoms with Crippen molar-refractivity contribution in [2.24, 2.45) is 0 Å². The minimum absolute atomic E-state index is 0.0764. The molecule has 0 aliphatic rings.